The molecule has 0 atom stereocenters. The molecule has 6 nitrogen and oxygen atoms in total. The number of anilines is 2. The van der Waals surface area contributed by atoms with Gasteiger partial charge in [-0.25, -0.2) is 14.4 Å². The van der Waals surface area contributed by atoms with Gasteiger partial charge in [-0.2, -0.15) is 0 Å². The largest absolute Gasteiger partial charge is 0.491 e. The number of aromatic nitrogens is 2. The Morgan fingerprint density at radius 2 is 1.79 bits per heavy atom. The van der Waals surface area contributed by atoms with Crippen molar-refractivity contribution in [1.82, 2.24) is 9.97 Å². The van der Waals surface area contributed by atoms with Crippen molar-refractivity contribution in [2.45, 2.75) is 26.4 Å². The van der Waals surface area contributed by atoms with Crippen LogP contribution >= 0.6 is 0 Å². The highest BCUT2D eigenvalue weighted by molar-refractivity contribution is 6.02. The summed E-state index contributed by atoms with van der Waals surface area (Å²) in [5.41, 5.74) is 1.90. The molecule has 1 amide bonds. The van der Waals surface area contributed by atoms with E-state index in [0.29, 0.717) is 24.6 Å². The molecule has 0 aliphatic heterocycles. The Bertz CT molecular complexity index is 944. The van der Waals surface area contributed by atoms with Crippen LogP contribution in [0, 0.1) is 5.82 Å². The number of amides is 1. The van der Waals surface area contributed by atoms with Crippen molar-refractivity contribution in [2.75, 3.05) is 17.2 Å². The molecule has 0 spiro atoms. The predicted octanol–water partition coefficient (Wildman–Crippen LogP) is 4.31. The van der Waals surface area contributed by atoms with Crippen molar-refractivity contribution in [2.24, 2.45) is 0 Å². The third-order valence-electron chi connectivity index (χ3n) is 3.98. The van der Waals surface area contributed by atoms with Gasteiger partial charge in [0.05, 0.1) is 6.10 Å². The van der Waals surface area contributed by atoms with E-state index in [1.807, 2.05) is 13.8 Å². The molecule has 0 aliphatic carbocycles. The maximum absolute atomic E-state index is 12.9. The van der Waals surface area contributed by atoms with Crippen LogP contribution in [-0.4, -0.2) is 28.5 Å². The summed E-state index contributed by atoms with van der Waals surface area (Å²) in [6, 6.07) is 15.0. The van der Waals surface area contributed by atoms with Gasteiger partial charge < -0.3 is 15.4 Å². The molecule has 29 heavy (non-hydrogen) atoms. The Balaban J connectivity index is 1.55. The van der Waals surface area contributed by atoms with Gasteiger partial charge in [0.2, 0.25) is 5.95 Å². The highest BCUT2D eigenvalue weighted by Gasteiger charge is 2.10. The lowest BCUT2D eigenvalue weighted by Crippen LogP contribution is -2.16. The number of benzene rings is 2. The Morgan fingerprint density at radius 3 is 2.48 bits per heavy atom. The Hall–Kier alpha value is -3.48. The van der Waals surface area contributed by atoms with Crippen molar-refractivity contribution >= 4 is 17.5 Å². The topological polar surface area (TPSA) is 76.1 Å². The molecule has 7 heteroatoms. The van der Waals surface area contributed by atoms with Crippen LogP contribution in [0.3, 0.4) is 0 Å². The molecule has 0 saturated heterocycles. The minimum absolute atomic E-state index is 0.0884. The first-order valence-electron chi connectivity index (χ1n) is 9.39. The summed E-state index contributed by atoms with van der Waals surface area (Å²) in [5, 5.41) is 5.89. The van der Waals surface area contributed by atoms with Crippen LogP contribution in [0.15, 0.2) is 60.8 Å². The van der Waals surface area contributed by atoms with Crippen LogP contribution < -0.4 is 15.4 Å². The molecule has 150 valence electrons. The third-order valence-corrected chi connectivity index (χ3v) is 3.98. The molecule has 0 saturated carbocycles. The highest BCUT2D eigenvalue weighted by Crippen LogP contribution is 2.17. The van der Waals surface area contributed by atoms with Crippen LogP contribution in [0.4, 0.5) is 16.0 Å². The first-order chi connectivity index (χ1) is 14.0. The average molecular weight is 394 g/mol. The fourth-order valence-electron chi connectivity index (χ4n) is 2.62. The van der Waals surface area contributed by atoms with Gasteiger partial charge in [0.25, 0.3) is 5.91 Å². The molecule has 1 aromatic heterocycles. The van der Waals surface area contributed by atoms with Gasteiger partial charge in [-0.3, -0.25) is 4.79 Å². The molecule has 0 aliphatic rings. The molecule has 3 aromatic rings. The van der Waals surface area contributed by atoms with E-state index >= 15 is 0 Å². The smallest absolute Gasteiger partial charge is 0.274 e. The second-order valence-corrected chi connectivity index (χ2v) is 6.71. The van der Waals surface area contributed by atoms with Crippen molar-refractivity contribution in [1.29, 1.82) is 0 Å². The van der Waals surface area contributed by atoms with Crippen LogP contribution in [0.25, 0.3) is 0 Å². The first-order valence-corrected chi connectivity index (χ1v) is 9.39. The lowest BCUT2D eigenvalue weighted by Gasteiger charge is -2.11. The van der Waals surface area contributed by atoms with E-state index in [4.69, 9.17) is 4.74 Å². The summed E-state index contributed by atoms with van der Waals surface area (Å²) >= 11 is 0. The number of ether oxygens (including phenoxy) is 1. The number of rotatable bonds is 8. The molecule has 0 unspecified atom stereocenters. The number of carbonyl (C=O) groups is 1. The Kier molecular flexibility index (Phi) is 6.73. The summed E-state index contributed by atoms with van der Waals surface area (Å²) in [6.07, 6.45) is 2.30. The molecule has 0 fully saturated rings. The van der Waals surface area contributed by atoms with Gasteiger partial charge in [0.1, 0.15) is 17.3 Å². The summed E-state index contributed by atoms with van der Waals surface area (Å²) in [7, 11) is 0. The standard InChI is InChI=1S/C22H23FN4O2/c1-15(2)29-19-9-7-18(8-10-19)26-21(28)20-12-14-25-22(27-20)24-13-11-16-3-5-17(23)6-4-16/h3-10,12,14-15H,11,13H2,1-2H3,(H,26,28)(H,24,25,27). The maximum Gasteiger partial charge on any atom is 0.274 e. The van der Waals surface area contributed by atoms with E-state index in [2.05, 4.69) is 20.6 Å². The molecule has 1 heterocycles. The monoisotopic (exact) mass is 394 g/mol. The van der Waals surface area contributed by atoms with Gasteiger partial charge in [-0.15, -0.1) is 0 Å². The lowest BCUT2D eigenvalue weighted by molar-refractivity contribution is 0.102. The quantitative estimate of drug-likeness (QED) is 0.595. The summed E-state index contributed by atoms with van der Waals surface area (Å²) in [4.78, 5) is 20.8. The van der Waals surface area contributed by atoms with Crippen LogP contribution in [0.1, 0.15) is 29.9 Å². The van der Waals surface area contributed by atoms with Crippen molar-refractivity contribution in [3.8, 4) is 5.75 Å². The summed E-state index contributed by atoms with van der Waals surface area (Å²) in [6.45, 7) is 4.47. The minimum Gasteiger partial charge on any atom is -0.491 e. The number of halogens is 1. The average Bonchev–Trinajstić information content (AvgIpc) is 2.71. The first kappa shape index (κ1) is 20.3. The van der Waals surface area contributed by atoms with Gasteiger partial charge in [0.15, 0.2) is 0 Å². The fraction of sp³-hybridized carbons (Fsp3) is 0.227. The number of nitrogens with one attached hydrogen (secondary N) is 2. The summed E-state index contributed by atoms with van der Waals surface area (Å²) in [5.74, 6) is 0.519. The molecule has 3 rings (SSSR count). The fourth-order valence-corrected chi connectivity index (χ4v) is 2.62. The number of carbonyl (C=O) groups excluding carboxylic acids is 1. The molecule has 2 aromatic carbocycles. The van der Waals surface area contributed by atoms with Crippen LogP contribution in [-0.2, 0) is 6.42 Å². The van der Waals surface area contributed by atoms with Gasteiger partial charge >= 0.3 is 0 Å². The molecular weight excluding hydrogens is 371 g/mol. The maximum atomic E-state index is 12.9. The summed E-state index contributed by atoms with van der Waals surface area (Å²) < 4.78 is 18.5. The van der Waals surface area contributed by atoms with E-state index in [1.165, 1.54) is 18.3 Å². The van der Waals surface area contributed by atoms with E-state index in [0.717, 1.165) is 11.3 Å². The number of hydrogen-bond acceptors (Lipinski definition) is 5. The predicted molar refractivity (Wildman–Crippen MR) is 111 cm³/mol. The molecule has 0 bridgehead atoms. The van der Waals surface area contributed by atoms with E-state index < -0.39 is 0 Å². The normalized spacial score (nSPS) is 10.6. The second-order valence-electron chi connectivity index (χ2n) is 6.71. The van der Waals surface area contributed by atoms with Crippen LogP contribution in [0.5, 0.6) is 5.75 Å². The molecular formula is C22H23FN4O2. The van der Waals surface area contributed by atoms with E-state index in [1.54, 1.807) is 42.5 Å². The highest BCUT2D eigenvalue weighted by atomic mass is 19.1. The van der Waals surface area contributed by atoms with Crippen molar-refractivity contribution < 1.29 is 13.9 Å². The van der Waals surface area contributed by atoms with Gasteiger partial charge in [0, 0.05) is 18.4 Å². The van der Waals surface area contributed by atoms with E-state index in [-0.39, 0.29) is 23.5 Å². The second kappa shape index (κ2) is 9.64. The Labute approximate surface area is 169 Å². The molecule has 0 radical (unpaired) electrons. The zero-order valence-corrected chi connectivity index (χ0v) is 16.4. The van der Waals surface area contributed by atoms with Crippen molar-refractivity contribution in [3.05, 3.63) is 77.9 Å². The lowest BCUT2D eigenvalue weighted by atomic mass is 10.1. The Morgan fingerprint density at radius 1 is 1.07 bits per heavy atom. The zero-order chi connectivity index (χ0) is 20.6. The minimum atomic E-state index is -0.327. The van der Waals surface area contributed by atoms with E-state index in [9.17, 15) is 9.18 Å². The van der Waals surface area contributed by atoms with Gasteiger partial charge in [-0.05, 0) is 68.3 Å². The van der Waals surface area contributed by atoms with Gasteiger partial charge in [-0.1, -0.05) is 12.1 Å². The molecule has 2 N–H and O–H groups in total. The zero-order valence-electron chi connectivity index (χ0n) is 16.4. The van der Waals surface area contributed by atoms with Crippen molar-refractivity contribution in [3.63, 3.8) is 0 Å². The third kappa shape index (κ3) is 6.27. The SMILES string of the molecule is CC(C)Oc1ccc(NC(=O)c2ccnc(NCCc3ccc(F)cc3)n2)cc1. The number of nitrogens with zero attached hydrogens (tertiary/aromatic N) is 2. The van der Waals surface area contributed by atoms with Crippen LogP contribution in [0.2, 0.25) is 0 Å². The number of hydrogen-bond donors (Lipinski definition) is 2.